The van der Waals surface area contributed by atoms with Crippen LogP contribution >= 0.6 is 11.6 Å². The molecule has 0 aliphatic carbocycles. The van der Waals surface area contributed by atoms with Gasteiger partial charge in [-0.25, -0.2) is 0 Å². The Morgan fingerprint density at radius 3 is 2.53 bits per heavy atom. The second-order valence-corrected chi connectivity index (χ2v) is 4.71. The number of phenols is 1. The van der Waals surface area contributed by atoms with Crippen LogP contribution in [0, 0.1) is 0 Å². The molecule has 4 heteroatoms. The van der Waals surface area contributed by atoms with E-state index in [1.165, 1.54) is 0 Å². The summed E-state index contributed by atoms with van der Waals surface area (Å²) in [7, 11) is 0. The fraction of sp³-hybridized carbons (Fsp3) is 0.200. The van der Waals surface area contributed by atoms with Gasteiger partial charge in [-0.3, -0.25) is 0 Å². The number of nitrogens with one attached hydrogen (secondary N) is 1. The maximum absolute atomic E-state index is 9.97. The van der Waals surface area contributed by atoms with Crippen molar-refractivity contribution < 1.29 is 10.2 Å². The van der Waals surface area contributed by atoms with Crippen LogP contribution in [0.5, 0.6) is 5.75 Å². The molecule has 100 valence electrons. The fourth-order valence-electron chi connectivity index (χ4n) is 1.84. The molecule has 2 aromatic carbocycles. The van der Waals surface area contributed by atoms with Crippen LogP contribution in [-0.2, 0) is 6.54 Å². The van der Waals surface area contributed by atoms with E-state index in [1.807, 2.05) is 30.3 Å². The lowest BCUT2D eigenvalue weighted by Gasteiger charge is -2.13. The van der Waals surface area contributed by atoms with Crippen molar-refractivity contribution in [3.05, 3.63) is 64.7 Å². The molecular formula is C15H16ClNO2. The Morgan fingerprint density at radius 2 is 1.79 bits per heavy atom. The zero-order chi connectivity index (χ0) is 13.7. The Balaban J connectivity index is 1.88. The maximum atomic E-state index is 9.97. The molecular weight excluding hydrogens is 262 g/mol. The number of aliphatic hydroxyl groups is 1. The van der Waals surface area contributed by atoms with Crippen LogP contribution in [0.15, 0.2) is 48.5 Å². The van der Waals surface area contributed by atoms with E-state index in [2.05, 4.69) is 5.32 Å². The van der Waals surface area contributed by atoms with Gasteiger partial charge in [0.2, 0.25) is 0 Å². The topological polar surface area (TPSA) is 52.5 Å². The van der Waals surface area contributed by atoms with Crippen LogP contribution in [0.4, 0.5) is 0 Å². The summed E-state index contributed by atoms with van der Waals surface area (Å²) < 4.78 is 0. The lowest BCUT2D eigenvalue weighted by Crippen LogP contribution is -2.21. The average Bonchev–Trinajstić information content (AvgIpc) is 2.44. The zero-order valence-corrected chi connectivity index (χ0v) is 11.1. The molecule has 0 bridgehead atoms. The minimum Gasteiger partial charge on any atom is -0.506 e. The van der Waals surface area contributed by atoms with E-state index < -0.39 is 6.10 Å². The predicted octanol–water partition coefficient (Wildman–Crippen LogP) is 2.87. The van der Waals surface area contributed by atoms with Crippen molar-refractivity contribution in [3.63, 3.8) is 0 Å². The monoisotopic (exact) mass is 277 g/mol. The Bertz CT molecular complexity index is 531. The molecule has 0 amide bonds. The molecule has 0 radical (unpaired) electrons. The van der Waals surface area contributed by atoms with Gasteiger partial charge in [-0.05, 0) is 11.6 Å². The summed E-state index contributed by atoms with van der Waals surface area (Å²) in [5.41, 5.74) is 1.58. The van der Waals surface area contributed by atoms with Gasteiger partial charge in [-0.1, -0.05) is 54.1 Å². The summed E-state index contributed by atoms with van der Waals surface area (Å²) in [6.45, 7) is 0.867. The molecule has 0 aliphatic rings. The number of aliphatic hydroxyl groups excluding tert-OH is 1. The normalized spacial score (nSPS) is 12.3. The van der Waals surface area contributed by atoms with Gasteiger partial charge in [0.1, 0.15) is 5.75 Å². The van der Waals surface area contributed by atoms with Gasteiger partial charge in [0.15, 0.2) is 0 Å². The number of phenolic OH excluding ortho intramolecular Hbond substituents is 1. The molecule has 0 saturated heterocycles. The molecule has 0 aromatic heterocycles. The number of rotatable bonds is 5. The van der Waals surface area contributed by atoms with Gasteiger partial charge >= 0.3 is 0 Å². The Kier molecular flexibility index (Phi) is 4.80. The summed E-state index contributed by atoms with van der Waals surface area (Å²) in [4.78, 5) is 0. The van der Waals surface area contributed by atoms with Crippen molar-refractivity contribution in [1.82, 2.24) is 5.32 Å². The van der Waals surface area contributed by atoms with Gasteiger partial charge in [-0.15, -0.1) is 0 Å². The van der Waals surface area contributed by atoms with E-state index in [1.54, 1.807) is 18.2 Å². The smallest absolute Gasteiger partial charge is 0.138 e. The van der Waals surface area contributed by atoms with E-state index in [9.17, 15) is 10.2 Å². The van der Waals surface area contributed by atoms with Gasteiger partial charge in [0, 0.05) is 18.7 Å². The predicted molar refractivity (Wildman–Crippen MR) is 76.2 cm³/mol. The highest BCUT2D eigenvalue weighted by atomic mass is 35.5. The van der Waals surface area contributed by atoms with Crippen LogP contribution in [0.25, 0.3) is 0 Å². The summed E-state index contributed by atoms with van der Waals surface area (Å²) in [6, 6.07) is 14.7. The Morgan fingerprint density at radius 1 is 1.05 bits per heavy atom. The van der Waals surface area contributed by atoms with Crippen LogP contribution in [0.2, 0.25) is 5.02 Å². The SMILES string of the molecule is Oc1c(Cl)cccc1CNCC(O)c1ccccc1. The number of hydrogen-bond donors (Lipinski definition) is 3. The minimum atomic E-state index is -0.567. The number of aromatic hydroxyl groups is 1. The molecule has 0 saturated carbocycles. The van der Waals surface area contributed by atoms with Crippen LogP contribution in [-0.4, -0.2) is 16.8 Å². The van der Waals surface area contributed by atoms with Crippen molar-refractivity contribution in [1.29, 1.82) is 0 Å². The highest BCUT2D eigenvalue weighted by molar-refractivity contribution is 6.32. The van der Waals surface area contributed by atoms with Gasteiger partial charge in [0.05, 0.1) is 11.1 Å². The van der Waals surface area contributed by atoms with Gasteiger partial charge < -0.3 is 15.5 Å². The molecule has 2 rings (SSSR count). The number of hydrogen-bond acceptors (Lipinski definition) is 3. The highest BCUT2D eigenvalue weighted by Gasteiger charge is 2.08. The van der Waals surface area contributed by atoms with Crippen LogP contribution in [0.3, 0.4) is 0 Å². The van der Waals surface area contributed by atoms with Crippen molar-refractivity contribution in [3.8, 4) is 5.75 Å². The van der Waals surface area contributed by atoms with E-state index in [0.717, 1.165) is 5.56 Å². The lowest BCUT2D eigenvalue weighted by atomic mass is 10.1. The van der Waals surface area contributed by atoms with Gasteiger partial charge in [0.25, 0.3) is 0 Å². The number of para-hydroxylation sites is 1. The molecule has 0 spiro atoms. The number of halogens is 1. The molecule has 0 fully saturated rings. The van der Waals surface area contributed by atoms with E-state index >= 15 is 0 Å². The second kappa shape index (κ2) is 6.57. The van der Waals surface area contributed by atoms with Crippen molar-refractivity contribution in [2.24, 2.45) is 0 Å². The van der Waals surface area contributed by atoms with Crippen molar-refractivity contribution in [2.45, 2.75) is 12.6 Å². The zero-order valence-electron chi connectivity index (χ0n) is 10.4. The first-order chi connectivity index (χ1) is 9.18. The molecule has 3 nitrogen and oxygen atoms in total. The fourth-order valence-corrected chi connectivity index (χ4v) is 2.03. The van der Waals surface area contributed by atoms with Crippen molar-refractivity contribution >= 4 is 11.6 Å². The average molecular weight is 278 g/mol. The molecule has 1 atom stereocenters. The van der Waals surface area contributed by atoms with Crippen molar-refractivity contribution in [2.75, 3.05) is 6.54 Å². The summed E-state index contributed by atoms with van der Waals surface area (Å²) >= 11 is 5.82. The standard InChI is InChI=1S/C15H16ClNO2/c16-13-8-4-7-12(15(13)19)9-17-10-14(18)11-5-2-1-3-6-11/h1-8,14,17-19H,9-10H2. The molecule has 2 aromatic rings. The Hall–Kier alpha value is -1.55. The first kappa shape index (κ1) is 13.9. The third-order valence-electron chi connectivity index (χ3n) is 2.91. The van der Waals surface area contributed by atoms with Crippen LogP contribution in [0.1, 0.15) is 17.2 Å². The highest BCUT2D eigenvalue weighted by Crippen LogP contribution is 2.26. The minimum absolute atomic E-state index is 0.0888. The largest absolute Gasteiger partial charge is 0.506 e. The van der Waals surface area contributed by atoms with E-state index in [0.29, 0.717) is 23.7 Å². The molecule has 3 N–H and O–H groups in total. The van der Waals surface area contributed by atoms with Crippen LogP contribution < -0.4 is 5.32 Å². The summed E-state index contributed by atoms with van der Waals surface area (Å²) in [5.74, 6) is 0.0888. The van der Waals surface area contributed by atoms with Gasteiger partial charge in [-0.2, -0.15) is 0 Å². The van der Waals surface area contributed by atoms with E-state index in [-0.39, 0.29) is 5.75 Å². The Labute approximate surface area is 117 Å². The third kappa shape index (κ3) is 3.70. The lowest BCUT2D eigenvalue weighted by molar-refractivity contribution is 0.174. The molecule has 19 heavy (non-hydrogen) atoms. The quantitative estimate of drug-likeness (QED) is 0.788. The summed E-state index contributed by atoms with van der Waals surface area (Å²) in [6.07, 6.45) is -0.567. The molecule has 0 aliphatic heterocycles. The van der Waals surface area contributed by atoms with E-state index in [4.69, 9.17) is 11.6 Å². The molecule has 1 unspecified atom stereocenters. The third-order valence-corrected chi connectivity index (χ3v) is 3.21. The first-order valence-electron chi connectivity index (χ1n) is 6.08. The maximum Gasteiger partial charge on any atom is 0.138 e. The molecule has 0 heterocycles. The second-order valence-electron chi connectivity index (χ2n) is 4.30. The number of benzene rings is 2. The summed E-state index contributed by atoms with van der Waals surface area (Å²) in [5, 5.41) is 23.2. The first-order valence-corrected chi connectivity index (χ1v) is 6.46.